The first-order chi connectivity index (χ1) is 11.3. The van der Waals surface area contributed by atoms with Crippen LogP contribution in [0.1, 0.15) is 46.1 Å². The number of nitrogens with one attached hydrogen (secondary N) is 2. The second kappa shape index (κ2) is 9.89. The van der Waals surface area contributed by atoms with Gasteiger partial charge >= 0.3 is 0 Å². The first-order valence-electron chi connectivity index (χ1n) is 8.27. The van der Waals surface area contributed by atoms with Crippen molar-refractivity contribution in [3.8, 4) is 11.5 Å². The molecule has 0 fully saturated rings. The van der Waals surface area contributed by atoms with E-state index in [1.165, 1.54) is 6.42 Å². The number of carbonyl (C=O) groups excluding carboxylic acids is 1. The van der Waals surface area contributed by atoms with E-state index in [4.69, 9.17) is 9.47 Å². The summed E-state index contributed by atoms with van der Waals surface area (Å²) in [6, 6.07) is 3.78. The van der Waals surface area contributed by atoms with Crippen LogP contribution in [0.3, 0.4) is 0 Å². The third kappa shape index (κ3) is 7.53. The number of hydrogen-bond donors (Lipinski definition) is 2. The number of carbonyl (C=O) groups is 1. The summed E-state index contributed by atoms with van der Waals surface area (Å²) in [6.45, 7) is 9.65. The predicted octanol–water partition coefficient (Wildman–Crippen LogP) is 3.64. The van der Waals surface area contributed by atoms with Crippen molar-refractivity contribution in [2.24, 2.45) is 0 Å². The van der Waals surface area contributed by atoms with Crippen LogP contribution in [-0.4, -0.2) is 31.7 Å². The van der Waals surface area contributed by atoms with Crippen molar-refractivity contribution in [1.82, 2.24) is 10.6 Å². The Labute approximate surface area is 153 Å². The minimum atomic E-state index is -0.279. The first kappa shape index (κ1) is 20.8. The third-order valence-electron chi connectivity index (χ3n) is 3.23. The van der Waals surface area contributed by atoms with E-state index in [1.54, 1.807) is 7.11 Å². The van der Waals surface area contributed by atoms with Crippen LogP contribution in [0.25, 0.3) is 0 Å². The highest BCUT2D eigenvalue weighted by molar-refractivity contribution is 9.10. The number of methoxy groups -OCH3 is 1. The van der Waals surface area contributed by atoms with Gasteiger partial charge in [0.25, 0.3) is 5.91 Å². The molecule has 0 unspecified atom stereocenters. The Morgan fingerprint density at radius 3 is 2.54 bits per heavy atom. The lowest BCUT2D eigenvalue weighted by Gasteiger charge is -2.21. The van der Waals surface area contributed by atoms with E-state index in [2.05, 4.69) is 33.5 Å². The monoisotopic (exact) mass is 400 g/mol. The minimum Gasteiger partial charge on any atom is -0.493 e. The Bertz CT molecular complexity index is 542. The highest BCUT2D eigenvalue weighted by Crippen LogP contribution is 2.33. The quantitative estimate of drug-likeness (QED) is 0.621. The van der Waals surface area contributed by atoms with E-state index in [0.717, 1.165) is 29.5 Å². The highest BCUT2D eigenvalue weighted by Gasteiger charge is 2.16. The lowest BCUT2D eigenvalue weighted by atomic mass is 10.1. The molecule has 1 aromatic carbocycles. The van der Waals surface area contributed by atoms with Crippen molar-refractivity contribution in [3.05, 3.63) is 22.2 Å². The van der Waals surface area contributed by atoms with Crippen LogP contribution >= 0.6 is 15.9 Å². The first-order valence-corrected chi connectivity index (χ1v) is 9.07. The Kier molecular flexibility index (Phi) is 8.56. The highest BCUT2D eigenvalue weighted by atomic mass is 79.9. The van der Waals surface area contributed by atoms with Crippen molar-refractivity contribution >= 4 is 21.8 Å². The Balaban J connectivity index is 2.71. The summed E-state index contributed by atoms with van der Waals surface area (Å²) >= 11 is 3.56. The van der Waals surface area contributed by atoms with Crippen molar-refractivity contribution in [1.29, 1.82) is 0 Å². The molecule has 1 amide bonds. The fourth-order valence-electron chi connectivity index (χ4n) is 2.11. The van der Waals surface area contributed by atoms with Gasteiger partial charge in [0.15, 0.2) is 18.1 Å². The van der Waals surface area contributed by atoms with Crippen LogP contribution in [-0.2, 0) is 11.3 Å². The fraction of sp³-hybridized carbons (Fsp3) is 0.611. The molecular formula is C18H29BrN2O3. The second-order valence-corrected chi connectivity index (χ2v) is 7.57. The van der Waals surface area contributed by atoms with Crippen LogP contribution in [0.5, 0.6) is 11.5 Å². The molecule has 0 aliphatic heterocycles. The zero-order valence-electron chi connectivity index (χ0n) is 15.3. The zero-order chi connectivity index (χ0) is 18.2. The fourth-order valence-corrected chi connectivity index (χ4v) is 2.57. The van der Waals surface area contributed by atoms with Gasteiger partial charge in [0.1, 0.15) is 0 Å². The van der Waals surface area contributed by atoms with Gasteiger partial charge in [0.05, 0.1) is 7.11 Å². The van der Waals surface area contributed by atoms with E-state index in [1.807, 2.05) is 32.9 Å². The molecule has 1 rings (SSSR count). The maximum absolute atomic E-state index is 11.9. The molecule has 0 spiro atoms. The van der Waals surface area contributed by atoms with Gasteiger partial charge in [-0.2, -0.15) is 0 Å². The smallest absolute Gasteiger partial charge is 0.258 e. The number of rotatable bonds is 9. The number of amides is 1. The second-order valence-electron chi connectivity index (χ2n) is 6.71. The summed E-state index contributed by atoms with van der Waals surface area (Å²) < 4.78 is 12.0. The number of benzene rings is 1. The summed E-state index contributed by atoms with van der Waals surface area (Å²) in [5, 5.41) is 6.27. The van der Waals surface area contributed by atoms with E-state index in [0.29, 0.717) is 11.5 Å². The number of hydrogen-bond acceptors (Lipinski definition) is 4. The standard InChI is InChI=1S/C18H29BrN2O3/c1-6-7-8-20-11-13-9-15(23-5)16(10-14(13)19)24-12-17(22)21-18(2,3)4/h9-10,20H,6-8,11-12H2,1-5H3,(H,21,22). The van der Waals surface area contributed by atoms with Crippen molar-refractivity contribution in [3.63, 3.8) is 0 Å². The van der Waals surface area contributed by atoms with Gasteiger partial charge in [-0.15, -0.1) is 0 Å². The summed E-state index contributed by atoms with van der Waals surface area (Å²) in [4.78, 5) is 11.9. The molecule has 136 valence electrons. The Morgan fingerprint density at radius 2 is 1.96 bits per heavy atom. The zero-order valence-corrected chi connectivity index (χ0v) is 16.9. The van der Waals surface area contributed by atoms with E-state index in [9.17, 15) is 4.79 Å². The van der Waals surface area contributed by atoms with E-state index >= 15 is 0 Å². The van der Waals surface area contributed by atoms with E-state index < -0.39 is 0 Å². The third-order valence-corrected chi connectivity index (χ3v) is 3.97. The lowest BCUT2D eigenvalue weighted by molar-refractivity contribution is -0.124. The molecule has 0 aliphatic carbocycles. The van der Waals surface area contributed by atoms with Gasteiger partial charge in [0, 0.05) is 16.6 Å². The molecule has 0 atom stereocenters. The van der Waals surface area contributed by atoms with Crippen LogP contribution in [0.2, 0.25) is 0 Å². The Hall–Kier alpha value is -1.27. The van der Waals surface area contributed by atoms with Gasteiger partial charge in [-0.1, -0.05) is 29.3 Å². The SMILES string of the molecule is CCCCNCc1cc(OC)c(OCC(=O)NC(C)(C)C)cc1Br. The topological polar surface area (TPSA) is 59.6 Å². The molecule has 24 heavy (non-hydrogen) atoms. The van der Waals surface area contributed by atoms with E-state index in [-0.39, 0.29) is 18.1 Å². The molecule has 0 saturated carbocycles. The van der Waals surface area contributed by atoms with Crippen LogP contribution in [0.15, 0.2) is 16.6 Å². The van der Waals surface area contributed by atoms with Crippen molar-refractivity contribution < 1.29 is 14.3 Å². The molecule has 6 heteroatoms. The maximum Gasteiger partial charge on any atom is 0.258 e. The van der Waals surface area contributed by atoms with Gasteiger partial charge in [-0.25, -0.2) is 0 Å². The number of ether oxygens (including phenoxy) is 2. The molecule has 0 aromatic heterocycles. The summed E-state index contributed by atoms with van der Waals surface area (Å²) in [7, 11) is 1.60. The molecule has 0 bridgehead atoms. The predicted molar refractivity (Wildman–Crippen MR) is 101 cm³/mol. The molecule has 2 N–H and O–H groups in total. The molecular weight excluding hydrogens is 372 g/mol. The largest absolute Gasteiger partial charge is 0.493 e. The maximum atomic E-state index is 11.9. The number of halogens is 1. The van der Waals surface area contributed by atoms with Crippen LogP contribution in [0, 0.1) is 0 Å². The molecule has 0 heterocycles. The molecule has 0 radical (unpaired) electrons. The van der Waals surface area contributed by atoms with Crippen LogP contribution < -0.4 is 20.1 Å². The van der Waals surface area contributed by atoms with Gasteiger partial charge in [-0.3, -0.25) is 4.79 Å². The summed E-state index contributed by atoms with van der Waals surface area (Å²) in [6.07, 6.45) is 2.32. The van der Waals surface area contributed by atoms with Gasteiger partial charge < -0.3 is 20.1 Å². The van der Waals surface area contributed by atoms with Crippen molar-refractivity contribution in [2.45, 2.75) is 52.6 Å². The summed E-state index contributed by atoms with van der Waals surface area (Å²) in [5.41, 5.74) is 0.813. The normalized spacial score (nSPS) is 11.2. The van der Waals surface area contributed by atoms with Gasteiger partial charge in [-0.05, 0) is 51.4 Å². The summed E-state index contributed by atoms with van der Waals surface area (Å²) in [5.74, 6) is 1.01. The average Bonchev–Trinajstić information content (AvgIpc) is 2.49. The molecule has 1 aromatic rings. The Morgan fingerprint density at radius 1 is 1.25 bits per heavy atom. The van der Waals surface area contributed by atoms with Gasteiger partial charge in [0.2, 0.25) is 0 Å². The average molecular weight is 401 g/mol. The minimum absolute atomic E-state index is 0.0475. The van der Waals surface area contributed by atoms with Crippen molar-refractivity contribution in [2.75, 3.05) is 20.3 Å². The van der Waals surface area contributed by atoms with Crippen LogP contribution in [0.4, 0.5) is 0 Å². The number of unbranched alkanes of at least 4 members (excludes halogenated alkanes) is 1. The molecule has 0 aliphatic rings. The lowest BCUT2D eigenvalue weighted by Crippen LogP contribution is -2.43. The molecule has 0 saturated heterocycles. The molecule has 5 nitrogen and oxygen atoms in total.